The van der Waals surface area contributed by atoms with Gasteiger partial charge in [0.2, 0.25) is 5.95 Å². The lowest BCUT2D eigenvalue weighted by Gasteiger charge is -2.19. The Morgan fingerprint density at radius 1 is 0.875 bits per heavy atom. The fourth-order valence-electron chi connectivity index (χ4n) is 2.89. The van der Waals surface area contributed by atoms with Crippen molar-refractivity contribution < 1.29 is 4.79 Å². The summed E-state index contributed by atoms with van der Waals surface area (Å²) in [7, 11) is 0. The van der Waals surface area contributed by atoms with E-state index in [4.69, 9.17) is 0 Å². The predicted octanol–water partition coefficient (Wildman–Crippen LogP) is 2.53. The Kier molecular flexibility index (Phi) is 3.83. The van der Waals surface area contributed by atoms with Gasteiger partial charge in [-0.05, 0) is 6.07 Å². The van der Waals surface area contributed by atoms with Crippen LogP contribution in [0.3, 0.4) is 0 Å². The Labute approximate surface area is 141 Å². The fourth-order valence-corrected chi connectivity index (χ4v) is 2.89. The first-order valence-electron chi connectivity index (χ1n) is 8.10. The third-order valence-corrected chi connectivity index (χ3v) is 4.21. The van der Waals surface area contributed by atoms with Crippen LogP contribution in [0, 0.1) is 0 Å². The van der Waals surface area contributed by atoms with Crippen LogP contribution in [0.1, 0.15) is 10.5 Å². The third-order valence-electron chi connectivity index (χ3n) is 4.21. The van der Waals surface area contributed by atoms with E-state index in [0.29, 0.717) is 24.7 Å². The lowest BCUT2D eigenvalue weighted by Crippen LogP contribution is -2.30. The van der Waals surface area contributed by atoms with E-state index in [2.05, 4.69) is 27.0 Å². The minimum atomic E-state index is -0.0482. The molecule has 1 amide bonds. The highest BCUT2D eigenvalue weighted by molar-refractivity contribution is 5.94. The van der Waals surface area contributed by atoms with Crippen LogP contribution in [0.2, 0.25) is 0 Å². The smallest absolute Gasteiger partial charge is 0.273 e. The molecule has 0 radical (unpaired) electrons. The molecule has 0 spiro atoms. The van der Waals surface area contributed by atoms with Crippen molar-refractivity contribution in [3.05, 3.63) is 66.4 Å². The minimum Gasteiger partial charge on any atom is -0.333 e. The molecule has 0 saturated carbocycles. The lowest BCUT2D eigenvalue weighted by molar-refractivity contribution is 0.0794. The summed E-state index contributed by atoms with van der Waals surface area (Å²) in [5.74, 6) is 0.560. The van der Waals surface area contributed by atoms with Gasteiger partial charge in [0, 0.05) is 31.7 Å². The summed E-state index contributed by atoms with van der Waals surface area (Å²) in [5, 5.41) is 0. The van der Waals surface area contributed by atoms with E-state index in [9.17, 15) is 4.79 Å². The Morgan fingerprint density at radius 3 is 2.25 bits per heavy atom. The summed E-state index contributed by atoms with van der Waals surface area (Å²) in [6, 6.07) is 11.7. The van der Waals surface area contributed by atoms with Gasteiger partial charge in [0.1, 0.15) is 5.69 Å². The second-order valence-corrected chi connectivity index (χ2v) is 5.86. The molecule has 0 unspecified atom stereocenters. The normalized spacial score (nSPS) is 16.2. The summed E-state index contributed by atoms with van der Waals surface area (Å²) in [6.07, 6.45) is 8.18. The maximum absolute atomic E-state index is 12.8. The molecule has 1 aromatic carbocycles. The van der Waals surface area contributed by atoms with Gasteiger partial charge in [-0.15, -0.1) is 0 Å². The van der Waals surface area contributed by atoms with E-state index in [1.165, 1.54) is 0 Å². The molecule has 24 heavy (non-hydrogen) atoms. The van der Waals surface area contributed by atoms with E-state index < -0.39 is 0 Å². The average molecular weight is 318 g/mol. The maximum Gasteiger partial charge on any atom is 0.273 e. The van der Waals surface area contributed by atoms with Gasteiger partial charge < -0.3 is 9.80 Å². The molecule has 2 aromatic rings. The van der Waals surface area contributed by atoms with E-state index >= 15 is 0 Å². The van der Waals surface area contributed by atoms with Crippen LogP contribution in [0.5, 0.6) is 0 Å². The molecular weight excluding hydrogens is 300 g/mol. The summed E-state index contributed by atoms with van der Waals surface area (Å²) in [6.45, 7) is 2.84. The molecule has 1 aromatic heterocycles. The van der Waals surface area contributed by atoms with Crippen molar-refractivity contribution in [1.29, 1.82) is 0 Å². The molecular formula is C19H18N4O. The zero-order valence-electron chi connectivity index (χ0n) is 13.3. The van der Waals surface area contributed by atoms with Gasteiger partial charge in [0.15, 0.2) is 0 Å². The number of hydrogen-bond acceptors (Lipinski definition) is 4. The molecule has 0 saturated heterocycles. The van der Waals surface area contributed by atoms with Gasteiger partial charge in [0.25, 0.3) is 5.91 Å². The summed E-state index contributed by atoms with van der Waals surface area (Å²) in [4.78, 5) is 25.8. The van der Waals surface area contributed by atoms with Gasteiger partial charge in [-0.3, -0.25) is 4.79 Å². The quantitative estimate of drug-likeness (QED) is 0.816. The number of anilines is 1. The molecule has 5 nitrogen and oxygen atoms in total. The highest BCUT2D eigenvalue weighted by Gasteiger charge is 2.21. The highest BCUT2D eigenvalue weighted by atomic mass is 16.2. The zero-order chi connectivity index (χ0) is 16.4. The van der Waals surface area contributed by atoms with Gasteiger partial charge >= 0.3 is 0 Å². The van der Waals surface area contributed by atoms with Crippen LogP contribution < -0.4 is 4.90 Å². The van der Waals surface area contributed by atoms with Gasteiger partial charge in [-0.25, -0.2) is 9.97 Å². The van der Waals surface area contributed by atoms with Crippen molar-refractivity contribution >= 4 is 11.9 Å². The minimum absolute atomic E-state index is 0.0482. The number of carbonyl (C=O) groups is 1. The maximum atomic E-state index is 12.8. The molecule has 2 aliphatic heterocycles. The van der Waals surface area contributed by atoms with E-state index in [1.54, 1.807) is 11.0 Å². The molecule has 0 bridgehead atoms. The number of nitrogens with zero attached hydrogens (tertiary/aromatic N) is 4. The number of benzene rings is 1. The van der Waals surface area contributed by atoms with Crippen molar-refractivity contribution in [2.24, 2.45) is 0 Å². The zero-order valence-corrected chi connectivity index (χ0v) is 13.3. The van der Waals surface area contributed by atoms with Crippen molar-refractivity contribution in [2.45, 2.75) is 0 Å². The number of amides is 1. The Morgan fingerprint density at radius 2 is 1.54 bits per heavy atom. The van der Waals surface area contributed by atoms with Gasteiger partial charge in [-0.2, -0.15) is 0 Å². The van der Waals surface area contributed by atoms with Crippen LogP contribution in [0.4, 0.5) is 5.95 Å². The molecule has 2 aliphatic rings. The lowest BCUT2D eigenvalue weighted by atomic mass is 10.1. The Hall–Kier alpha value is -2.95. The molecule has 5 heteroatoms. The molecule has 0 atom stereocenters. The summed E-state index contributed by atoms with van der Waals surface area (Å²) in [5.41, 5.74) is 2.22. The number of carbonyl (C=O) groups excluding carboxylic acids is 1. The predicted molar refractivity (Wildman–Crippen MR) is 93.9 cm³/mol. The average Bonchev–Trinajstić information content (AvgIpc) is 3.35. The SMILES string of the molecule is O=C(c1cc(-c2ccccc2)nc(N2CC=CC2)n1)N1CC=CC1. The highest BCUT2D eigenvalue weighted by Crippen LogP contribution is 2.22. The molecule has 120 valence electrons. The van der Waals surface area contributed by atoms with E-state index in [-0.39, 0.29) is 5.91 Å². The summed E-state index contributed by atoms with van der Waals surface area (Å²) < 4.78 is 0. The summed E-state index contributed by atoms with van der Waals surface area (Å²) >= 11 is 0. The van der Waals surface area contributed by atoms with Crippen LogP contribution in [0.15, 0.2) is 60.7 Å². The molecule has 0 N–H and O–H groups in total. The third kappa shape index (κ3) is 2.80. The van der Waals surface area contributed by atoms with E-state index in [1.807, 2.05) is 42.5 Å². The van der Waals surface area contributed by atoms with Crippen molar-refractivity contribution in [3.63, 3.8) is 0 Å². The van der Waals surface area contributed by atoms with Crippen LogP contribution >= 0.6 is 0 Å². The monoisotopic (exact) mass is 318 g/mol. The first-order valence-corrected chi connectivity index (χ1v) is 8.10. The van der Waals surface area contributed by atoms with Gasteiger partial charge in [0.05, 0.1) is 5.69 Å². The number of rotatable bonds is 3. The van der Waals surface area contributed by atoms with Crippen LogP contribution in [0.25, 0.3) is 11.3 Å². The van der Waals surface area contributed by atoms with Crippen molar-refractivity contribution in [2.75, 3.05) is 31.1 Å². The molecule has 0 fully saturated rings. The largest absolute Gasteiger partial charge is 0.333 e. The van der Waals surface area contributed by atoms with Crippen molar-refractivity contribution in [1.82, 2.24) is 14.9 Å². The molecule has 0 aliphatic carbocycles. The van der Waals surface area contributed by atoms with Crippen molar-refractivity contribution in [3.8, 4) is 11.3 Å². The Bertz CT molecular complexity index is 797. The topological polar surface area (TPSA) is 49.3 Å². The van der Waals surface area contributed by atoms with Crippen LogP contribution in [-0.4, -0.2) is 47.0 Å². The molecule has 3 heterocycles. The second kappa shape index (κ2) is 6.28. The van der Waals surface area contributed by atoms with Gasteiger partial charge in [-0.1, -0.05) is 54.6 Å². The first-order chi connectivity index (χ1) is 11.8. The number of hydrogen-bond donors (Lipinski definition) is 0. The fraction of sp³-hybridized carbons (Fsp3) is 0.211. The second-order valence-electron chi connectivity index (χ2n) is 5.86. The Balaban J connectivity index is 1.74. The van der Waals surface area contributed by atoms with Crippen LogP contribution in [-0.2, 0) is 0 Å². The molecule has 4 rings (SSSR count). The van der Waals surface area contributed by atoms with E-state index in [0.717, 1.165) is 24.3 Å². The first kappa shape index (κ1) is 14.6. The number of aromatic nitrogens is 2. The standard InChI is InChI=1S/C19H18N4O/c24-18(22-10-4-5-11-22)17-14-16(15-8-2-1-3-9-15)20-19(21-17)23-12-6-7-13-23/h1-9,14H,10-13H2.